The summed E-state index contributed by atoms with van der Waals surface area (Å²) < 4.78 is 0. The molecule has 3 nitrogen and oxygen atoms in total. The smallest absolute Gasteiger partial charge is 0.0863 e. The Kier molecular flexibility index (Phi) is 5.34. The molecule has 2 aromatic rings. The second-order valence-electron chi connectivity index (χ2n) is 5.40. The molecule has 0 amide bonds. The standard InChI is InChI=1S/C18H25N3/c1-4-16(19)18(17-11-6-7-12-20-17)21(5-2)15-10-8-9-14(3)13-15/h6-13,16,18H,4-5,19H2,1-3H3. The molecule has 0 aliphatic carbocycles. The van der Waals surface area contributed by atoms with Crippen LogP contribution in [-0.4, -0.2) is 17.6 Å². The molecule has 2 unspecified atom stereocenters. The minimum absolute atomic E-state index is 0.0559. The van der Waals surface area contributed by atoms with Gasteiger partial charge in [0.15, 0.2) is 0 Å². The van der Waals surface area contributed by atoms with E-state index in [0.717, 1.165) is 18.7 Å². The van der Waals surface area contributed by atoms with Gasteiger partial charge < -0.3 is 10.6 Å². The maximum Gasteiger partial charge on any atom is 0.0863 e. The highest BCUT2D eigenvalue weighted by Gasteiger charge is 2.26. The summed E-state index contributed by atoms with van der Waals surface area (Å²) in [6.45, 7) is 7.32. The van der Waals surface area contributed by atoms with E-state index in [1.54, 1.807) is 0 Å². The van der Waals surface area contributed by atoms with Crippen LogP contribution in [-0.2, 0) is 0 Å². The quantitative estimate of drug-likeness (QED) is 0.879. The number of hydrogen-bond acceptors (Lipinski definition) is 3. The van der Waals surface area contributed by atoms with Gasteiger partial charge in [-0.25, -0.2) is 0 Å². The van der Waals surface area contributed by atoms with Crippen molar-refractivity contribution in [3.63, 3.8) is 0 Å². The molecular weight excluding hydrogens is 258 g/mol. The Labute approximate surface area is 127 Å². The predicted molar refractivity (Wildman–Crippen MR) is 89.4 cm³/mol. The summed E-state index contributed by atoms with van der Waals surface area (Å²) in [6.07, 6.45) is 2.76. The van der Waals surface area contributed by atoms with Gasteiger partial charge in [0.1, 0.15) is 0 Å². The highest BCUT2D eigenvalue weighted by molar-refractivity contribution is 5.50. The van der Waals surface area contributed by atoms with Crippen LogP contribution in [0.4, 0.5) is 5.69 Å². The molecule has 0 aliphatic heterocycles. The molecule has 0 spiro atoms. The Hall–Kier alpha value is -1.87. The Morgan fingerprint density at radius 2 is 1.95 bits per heavy atom. The zero-order valence-electron chi connectivity index (χ0n) is 13.2. The van der Waals surface area contributed by atoms with Crippen molar-refractivity contribution in [2.45, 2.75) is 39.3 Å². The van der Waals surface area contributed by atoms with E-state index < -0.39 is 0 Å². The van der Waals surface area contributed by atoms with Crippen molar-refractivity contribution < 1.29 is 0 Å². The maximum absolute atomic E-state index is 6.42. The summed E-state index contributed by atoms with van der Waals surface area (Å²) in [6, 6.07) is 14.8. The molecule has 2 N–H and O–H groups in total. The Bertz CT molecular complexity index is 553. The van der Waals surface area contributed by atoms with Crippen LogP contribution in [0.2, 0.25) is 0 Å². The molecular formula is C18H25N3. The van der Waals surface area contributed by atoms with E-state index in [4.69, 9.17) is 5.73 Å². The van der Waals surface area contributed by atoms with Crippen molar-refractivity contribution in [1.82, 2.24) is 4.98 Å². The summed E-state index contributed by atoms with van der Waals surface area (Å²) in [5.74, 6) is 0. The zero-order chi connectivity index (χ0) is 15.2. The molecule has 0 saturated carbocycles. The van der Waals surface area contributed by atoms with Gasteiger partial charge in [0.25, 0.3) is 0 Å². The van der Waals surface area contributed by atoms with Crippen molar-refractivity contribution in [3.8, 4) is 0 Å². The minimum Gasteiger partial charge on any atom is -0.362 e. The minimum atomic E-state index is 0.0559. The van der Waals surface area contributed by atoms with Crippen LogP contribution in [0.1, 0.15) is 37.6 Å². The number of benzene rings is 1. The van der Waals surface area contributed by atoms with E-state index in [2.05, 4.69) is 61.0 Å². The number of aromatic nitrogens is 1. The Morgan fingerprint density at radius 3 is 2.52 bits per heavy atom. The predicted octanol–water partition coefficient (Wildman–Crippen LogP) is 3.69. The molecule has 1 aromatic heterocycles. The number of likely N-dealkylation sites (N-methyl/N-ethyl adjacent to an activating group) is 1. The second kappa shape index (κ2) is 7.23. The number of anilines is 1. The largest absolute Gasteiger partial charge is 0.362 e. The molecule has 0 fully saturated rings. The van der Waals surface area contributed by atoms with Crippen LogP contribution in [0.15, 0.2) is 48.7 Å². The van der Waals surface area contributed by atoms with Crippen LogP contribution >= 0.6 is 0 Å². The lowest BCUT2D eigenvalue weighted by atomic mass is 9.99. The van der Waals surface area contributed by atoms with Gasteiger partial charge in [-0.2, -0.15) is 0 Å². The summed E-state index contributed by atoms with van der Waals surface area (Å²) in [5, 5.41) is 0. The highest BCUT2D eigenvalue weighted by atomic mass is 15.2. The first-order valence-electron chi connectivity index (χ1n) is 7.67. The van der Waals surface area contributed by atoms with Gasteiger partial charge in [-0.1, -0.05) is 25.1 Å². The number of rotatable bonds is 6. The fraction of sp³-hybridized carbons (Fsp3) is 0.389. The summed E-state index contributed by atoms with van der Waals surface area (Å²) >= 11 is 0. The second-order valence-corrected chi connectivity index (χ2v) is 5.40. The van der Waals surface area contributed by atoms with Crippen molar-refractivity contribution in [2.24, 2.45) is 5.73 Å². The normalized spacial score (nSPS) is 13.7. The van der Waals surface area contributed by atoms with Crippen LogP contribution < -0.4 is 10.6 Å². The van der Waals surface area contributed by atoms with E-state index >= 15 is 0 Å². The van der Waals surface area contributed by atoms with E-state index in [-0.39, 0.29) is 12.1 Å². The number of hydrogen-bond donors (Lipinski definition) is 1. The first kappa shape index (κ1) is 15.5. The Balaban J connectivity index is 2.43. The number of aryl methyl sites for hydroxylation is 1. The van der Waals surface area contributed by atoms with Crippen molar-refractivity contribution in [3.05, 3.63) is 59.9 Å². The lowest BCUT2D eigenvalue weighted by molar-refractivity contribution is 0.485. The third kappa shape index (κ3) is 3.61. The van der Waals surface area contributed by atoms with Gasteiger partial charge in [0, 0.05) is 24.5 Å². The molecule has 2 rings (SSSR count). The van der Waals surface area contributed by atoms with Crippen LogP contribution in [0.5, 0.6) is 0 Å². The van der Waals surface area contributed by atoms with Crippen LogP contribution in [0, 0.1) is 6.92 Å². The summed E-state index contributed by atoms with van der Waals surface area (Å²) in [4.78, 5) is 6.89. The molecule has 112 valence electrons. The van der Waals surface area contributed by atoms with E-state index in [0.29, 0.717) is 0 Å². The molecule has 0 saturated heterocycles. The monoisotopic (exact) mass is 283 g/mol. The first-order valence-corrected chi connectivity index (χ1v) is 7.67. The average Bonchev–Trinajstić information content (AvgIpc) is 2.52. The fourth-order valence-electron chi connectivity index (χ4n) is 2.73. The van der Waals surface area contributed by atoms with Crippen LogP contribution in [0.25, 0.3) is 0 Å². The van der Waals surface area contributed by atoms with E-state index in [9.17, 15) is 0 Å². The third-order valence-corrected chi connectivity index (χ3v) is 3.88. The van der Waals surface area contributed by atoms with Crippen LogP contribution in [0.3, 0.4) is 0 Å². The molecule has 1 heterocycles. The lowest BCUT2D eigenvalue weighted by Crippen LogP contribution is -2.41. The fourth-order valence-corrected chi connectivity index (χ4v) is 2.73. The van der Waals surface area contributed by atoms with Crippen molar-refractivity contribution >= 4 is 5.69 Å². The molecule has 2 atom stereocenters. The summed E-state index contributed by atoms with van der Waals surface area (Å²) in [7, 11) is 0. The first-order chi connectivity index (χ1) is 10.2. The lowest BCUT2D eigenvalue weighted by Gasteiger charge is -2.36. The maximum atomic E-state index is 6.42. The molecule has 21 heavy (non-hydrogen) atoms. The Morgan fingerprint density at radius 1 is 1.14 bits per heavy atom. The highest BCUT2D eigenvalue weighted by Crippen LogP contribution is 2.29. The van der Waals surface area contributed by atoms with Gasteiger partial charge in [-0.15, -0.1) is 0 Å². The van der Waals surface area contributed by atoms with Gasteiger partial charge in [-0.3, -0.25) is 4.98 Å². The van der Waals surface area contributed by atoms with Gasteiger partial charge in [-0.05, 0) is 50.1 Å². The topological polar surface area (TPSA) is 42.1 Å². The van der Waals surface area contributed by atoms with Gasteiger partial charge >= 0.3 is 0 Å². The molecule has 0 bridgehead atoms. The molecule has 1 aromatic carbocycles. The van der Waals surface area contributed by atoms with Gasteiger partial charge in [0.2, 0.25) is 0 Å². The zero-order valence-corrected chi connectivity index (χ0v) is 13.2. The number of nitrogens with two attached hydrogens (primary N) is 1. The number of pyridine rings is 1. The molecule has 3 heteroatoms. The number of nitrogens with zero attached hydrogens (tertiary/aromatic N) is 2. The third-order valence-electron chi connectivity index (χ3n) is 3.88. The van der Waals surface area contributed by atoms with E-state index in [1.807, 2.05) is 18.3 Å². The molecule has 0 aliphatic rings. The van der Waals surface area contributed by atoms with Crippen molar-refractivity contribution in [2.75, 3.05) is 11.4 Å². The summed E-state index contributed by atoms with van der Waals surface area (Å²) in [5.41, 5.74) is 9.92. The average molecular weight is 283 g/mol. The van der Waals surface area contributed by atoms with Crippen molar-refractivity contribution in [1.29, 1.82) is 0 Å². The SMILES string of the molecule is CCC(N)C(c1ccccn1)N(CC)c1cccc(C)c1. The van der Waals surface area contributed by atoms with E-state index in [1.165, 1.54) is 11.3 Å². The molecule has 0 radical (unpaired) electrons. The van der Waals surface area contributed by atoms with Gasteiger partial charge in [0.05, 0.1) is 11.7 Å².